The van der Waals surface area contributed by atoms with Crippen molar-refractivity contribution in [3.63, 3.8) is 0 Å². The molecular weight excluding hydrogens is 170 g/mol. The van der Waals surface area contributed by atoms with E-state index in [4.69, 9.17) is 4.18 Å². The van der Waals surface area contributed by atoms with Crippen LogP contribution in [0.5, 0.6) is 0 Å². The molecule has 66 valence electrons. The first-order chi connectivity index (χ1) is 5.14. The average molecular weight is 182 g/mol. The van der Waals surface area contributed by atoms with Crippen LogP contribution in [0.4, 0.5) is 8.78 Å². The van der Waals surface area contributed by atoms with Gasteiger partial charge in [-0.1, -0.05) is 0 Å². The topological polar surface area (TPSA) is 9.23 Å². The summed E-state index contributed by atoms with van der Waals surface area (Å²) in [5, 5.41) is 0. The van der Waals surface area contributed by atoms with Crippen LogP contribution in [-0.2, 0) is 4.18 Å². The molecule has 1 rings (SSSR count). The van der Waals surface area contributed by atoms with E-state index in [0.29, 0.717) is 12.8 Å². The molecule has 1 aliphatic carbocycles. The quantitative estimate of drug-likeness (QED) is 0.607. The van der Waals surface area contributed by atoms with Crippen LogP contribution in [0, 0.1) is 0 Å². The SMILES string of the molecule is CSOC1CCC(F)(F)CC1. The van der Waals surface area contributed by atoms with Gasteiger partial charge in [0.05, 0.1) is 6.10 Å². The van der Waals surface area contributed by atoms with Gasteiger partial charge in [0.15, 0.2) is 0 Å². The number of rotatable bonds is 2. The summed E-state index contributed by atoms with van der Waals surface area (Å²) in [5.41, 5.74) is 0. The van der Waals surface area contributed by atoms with E-state index < -0.39 is 5.92 Å². The minimum atomic E-state index is -2.43. The first kappa shape index (κ1) is 9.26. The van der Waals surface area contributed by atoms with E-state index >= 15 is 0 Å². The summed E-state index contributed by atoms with van der Waals surface area (Å²) in [6, 6.07) is 0. The largest absolute Gasteiger partial charge is 0.312 e. The lowest BCUT2D eigenvalue weighted by atomic mass is 9.94. The Morgan fingerprint density at radius 1 is 1.36 bits per heavy atom. The van der Waals surface area contributed by atoms with Gasteiger partial charge in [-0.15, -0.1) is 0 Å². The van der Waals surface area contributed by atoms with Crippen LogP contribution in [0.2, 0.25) is 0 Å². The van der Waals surface area contributed by atoms with Crippen molar-refractivity contribution in [2.24, 2.45) is 0 Å². The van der Waals surface area contributed by atoms with Gasteiger partial charge in [-0.25, -0.2) is 8.78 Å². The molecule has 0 amide bonds. The van der Waals surface area contributed by atoms with Crippen LogP contribution in [0.25, 0.3) is 0 Å². The lowest BCUT2D eigenvalue weighted by molar-refractivity contribution is -0.0556. The van der Waals surface area contributed by atoms with Crippen LogP contribution in [0.15, 0.2) is 0 Å². The maximum Gasteiger partial charge on any atom is 0.248 e. The van der Waals surface area contributed by atoms with Crippen molar-refractivity contribution >= 4 is 12.0 Å². The standard InChI is InChI=1S/C7H12F2OS/c1-11-10-6-2-4-7(8,9)5-3-6/h6H,2-5H2,1H3. The molecule has 0 saturated heterocycles. The molecule has 1 aliphatic rings. The fourth-order valence-corrected chi connectivity index (χ4v) is 1.71. The smallest absolute Gasteiger partial charge is 0.248 e. The van der Waals surface area contributed by atoms with Gasteiger partial charge in [0.2, 0.25) is 5.92 Å². The highest BCUT2D eigenvalue weighted by atomic mass is 32.2. The Morgan fingerprint density at radius 2 is 1.91 bits per heavy atom. The van der Waals surface area contributed by atoms with Gasteiger partial charge in [0.1, 0.15) is 0 Å². The van der Waals surface area contributed by atoms with E-state index in [1.165, 1.54) is 12.0 Å². The van der Waals surface area contributed by atoms with E-state index in [-0.39, 0.29) is 18.9 Å². The van der Waals surface area contributed by atoms with Crippen LogP contribution in [0.3, 0.4) is 0 Å². The molecule has 0 heterocycles. The molecule has 0 aromatic rings. The molecule has 0 bridgehead atoms. The predicted molar refractivity (Wildman–Crippen MR) is 41.8 cm³/mol. The van der Waals surface area contributed by atoms with Crippen molar-refractivity contribution in [2.75, 3.05) is 6.26 Å². The molecule has 0 spiro atoms. The Bertz CT molecular complexity index is 120. The third kappa shape index (κ3) is 2.95. The third-order valence-corrected chi connectivity index (χ3v) is 2.36. The first-order valence-electron chi connectivity index (χ1n) is 3.71. The molecule has 0 aromatic heterocycles. The second-order valence-electron chi connectivity index (χ2n) is 2.82. The molecule has 0 aromatic carbocycles. The lowest BCUT2D eigenvalue weighted by Crippen LogP contribution is -2.27. The van der Waals surface area contributed by atoms with Crippen LogP contribution in [-0.4, -0.2) is 18.3 Å². The molecule has 11 heavy (non-hydrogen) atoms. The Kier molecular flexibility index (Phi) is 3.13. The summed E-state index contributed by atoms with van der Waals surface area (Å²) in [7, 11) is 0. The summed E-state index contributed by atoms with van der Waals surface area (Å²) in [6.07, 6.45) is 2.81. The third-order valence-electron chi connectivity index (χ3n) is 1.90. The zero-order valence-electron chi connectivity index (χ0n) is 6.48. The molecular formula is C7H12F2OS. The van der Waals surface area contributed by atoms with Crippen molar-refractivity contribution in [1.29, 1.82) is 0 Å². The maximum absolute atomic E-state index is 12.6. The number of hydrogen-bond donors (Lipinski definition) is 0. The van der Waals surface area contributed by atoms with Crippen molar-refractivity contribution in [3.05, 3.63) is 0 Å². The summed E-state index contributed by atoms with van der Waals surface area (Å²) in [6.45, 7) is 0. The summed E-state index contributed by atoms with van der Waals surface area (Å²) in [5.74, 6) is -2.43. The van der Waals surface area contributed by atoms with Gasteiger partial charge in [0.25, 0.3) is 0 Å². The Balaban J connectivity index is 2.25. The molecule has 0 N–H and O–H groups in total. The van der Waals surface area contributed by atoms with Crippen LogP contribution in [0.1, 0.15) is 25.7 Å². The number of halogens is 2. The molecule has 0 atom stereocenters. The number of hydrogen-bond acceptors (Lipinski definition) is 2. The summed E-state index contributed by atoms with van der Waals surface area (Å²) >= 11 is 1.26. The fourth-order valence-electron chi connectivity index (χ4n) is 1.25. The van der Waals surface area contributed by atoms with Gasteiger partial charge in [-0.3, -0.25) is 0 Å². The first-order valence-corrected chi connectivity index (χ1v) is 4.86. The molecule has 1 fully saturated rings. The van der Waals surface area contributed by atoms with E-state index in [9.17, 15) is 8.78 Å². The normalized spacial score (nSPS) is 25.4. The van der Waals surface area contributed by atoms with Crippen molar-refractivity contribution in [3.8, 4) is 0 Å². The number of alkyl halides is 2. The lowest BCUT2D eigenvalue weighted by Gasteiger charge is -2.26. The van der Waals surface area contributed by atoms with E-state index in [0.717, 1.165) is 0 Å². The average Bonchev–Trinajstić information content (AvgIpc) is 1.94. The van der Waals surface area contributed by atoms with E-state index in [1.807, 2.05) is 6.26 Å². The molecule has 0 aliphatic heterocycles. The zero-order valence-corrected chi connectivity index (χ0v) is 7.29. The highest BCUT2D eigenvalue weighted by molar-refractivity contribution is 7.93. The van der Waals surface area contributed by atoms with Crippen molar-refractivity contribution in [2.45, 2.75) is 37.7 Å². The highest BCUT2D eigenvalue weighted by Crippen LogP contribution is 2.34. The minimum absolute atomic E-state index is 0.0156. The Morgan fingerprint density at radius 3 is 2.36 bits per heavy atom. The second-order valence-corrected chi connectivity index (χ2v) is 3.34. The molecule has 1 saturated carbocycles. The molecule has 4 heteroatoms. The molecule has 1 nitrogen and oxygen atoms in total. The van der Waals surface area contributed by atoms with Crippen LogP contribution < -0.4 is 0 Å². The van der Waals surface area contributed by atoms with Gasteiger partial charge >= 0.3 is 0 Å². The maximum atomic E-state index is 12.6. The Hall–Kier alpha value is 0.170. The van der Waals surface area contributed by atoms with Gasteiger partial charge in [-0.05, 0) is 24.9 Å². The zero-order chi connectivity index (χ0) is 8.32. The van der Waals surface area contributed by atoms with Gasteiger partial charge in [-0.2, -0.15) is 0 Å². The predicted octanol–water partition coefficient (Wildman–Crippen LogP) is 2.86. The van der Waals surface area contributed by atoms with Crippen LogP contribution >= 0.6 is 12.0 Å². The van der Waals surface area contributed by atoms with Crippen molar-refractivity contribution < 1.29 is 13.0 Å². The Labute approximate surface area is 69.7 Å². The fraction of sp³-hybridized carbons (Fsp3) is 1.00. The summed E-state index contributed by atoms with van der Waals surface area (Å²) in [4.78, 5) is 0. The monoisotopic (exact) mass is 182 g/mol. The molecule has 0 radical (unpaired) electrons. The minimum Gasteiger partial charge on any atom is -0.312 e. The molecule has 0 unspecified atom stereocenters. The highest BCUT2D eigenvalue weighted by Gasteiger charge is 2.35. The van der Waals surface area contributed by atoms with E-state index in [1.54, 1.807) is 0 Å². The van der Waals surface area contributed by atoms with Gasteiger partial charge < -0.3 is 4.18 Å². The van der Waals surface area contributed by atoms with Crippen molar-refractivity contribution in [1.82, 2.24) is 0 Å². The van der Waals surface area contributed by atoms with E-state index in [2.05, 4.69) is 0 Å². The van der Waals surface area contributed by atoms with Gasteiger partial charge in [0, 0.05) is 19.1 Å². The second kappa shape index (κ2) is 3.72. The summed E-state index contributed by atoms with van der Waals surface area (Å²) < 4.78 is 30.3.